The van der Waals surface area contributed by atoms with Crippen molar-refractivity contribution < 1.29 is 13.5 Å². The van der Waals surface area contributed by atoms with E-state index in [2.05, 4.69) is 0 Å². The van der Waals surface area contributed by atoms with Gasteiger partial charge in [-0.25, -0.2) is 8.42 Å². The Morgan fingerprint density at radius 2 is 1.86 bits per heavy atom. The molecule has 1 aromatic rings. The summed E-state index contributed by atoms with van der Waals surface area (Å²) in [6.45, 7) is -0.0464. The third-order valence-corrected chi connectivity index (χ3v) is 5.83. The summed E-state index contributed by atoms with van der Waals surface area (Å²) in [7, 11) is -3.59. The highest BCUT2D eigenvalue weighted by atomic mass is 32.2. The van der Waals surface area contributed by atoms with Crippen LogP contribution in [-0.2, 0) is 16.4 Å². The van der Waals surface area contributed by atoms with Crippen molar-refractivity contribution in [2.75, 3.05) is 13.2 Å². The second-order valence-electron chi connectivity index (χ2n) is 5.26. The van der Waals surface area contributed by atoms with Crippen molar-refractivity contribution >= 4 is 10.0 Å². The number of benzene rings is 1. The lowest BCUT2D eigenvalue weighted by Crippen LogP contribution is -2.40. The molecule has 0 atom stereocenters. The van der Waals surface area contributed by atoms with E-state index in [1.54, 1.807) is 24.3 Å². The number of hydrogen-bond acceptors (Lipinski definition) is 4. The van der Waals surface area contributed by atoms with Gasteiger partial charge in [-0.3, -0.25) is 0 Å². The average molecular weight is 308 g/mol. The molecule has 1 aliphatic carbocycles. The Kier molecular flexibility index (Phi) is 5.34. The lowest BCUT2D eigenvalue weighted by atomic mass is 10.2. The van der Waals surface area contributed by atoms with E-state index in [1.807, 2.05) is 6.07 Å². The molecule has 0 aromatic heterocycles. The lowest BCUT2D eigenvalue weighted by molar-refractivity contribution is 0.226. The van der Waals surface area contributed by atoms with Gasteiger partial charge in [0, 0.05) is 12.6 Å². The lowest BCUT2D eigenvalue weighted by Gasteiger charge is -2.27. The number of nitrogens with zero attached hydrogens (tertiary/aromatic N) is 2. The molecule has 1 aliphatic rings. The molecule has 2 rings (SSSR count). The van der Waals surface area contributed by atoms with Crippen LogP contribution >= 0.6 is 0 Å². The third-order valence-electron chi connectivity index (χ3n) is 3.87. The maximum atomic E-state index is 12.7. The first kappa shape index (κ1) is 16.0. The van der Waals surface area contributed by atoms with Crippen LogP contribution in [0.15, 0.2) is 29.2 Å². The molecule has 0 spiro atoms. The van der Waals surface area contributed by atoms with Gasteiger partial charge in [0.25, 0.3) is 0 Å². The van der Waals surface area contributed by atoms with E-state index in [4.69, 9.17) is 5.26 Å². The van der Waals surface area contributed by atoms with Crippen molar-refractivity contribution in [2.45, 2.75) is 43.0 Å². The predicted octanol–water partition coefficient (Wildman–Crippen LogP) is 1.68. The molecule has 0 heterocycles. The van der Waals surface area contributed by atoms with Crippen LogP contribution in [0.1, 0.15) is 31.2 Å². The summed E-state index contributed by atoms with van der Waals surface area (Å²) < 4.78 is 26.9. The first-order valence-corrected chi connectivity index (χ1v) is 8.62. The van der Waals surface area contributed by atoms with E-state index in [0.29, 0.717) is 0 Å². The molecule has 0 unspecified atom stereocenters. The Morgan fingerprint density at radius 1 is 1.24 bits per heavy atom. The van der Waals surface area contributed by atoms with Crippen LogP contribution < -0.4 is 0 Å². The van der Waals surface area contributed by atoms with Gasteiger partial charge >= 0.3 is 0 Å². The van der Waals surface area contributed by atoms with Gasteiger partial charge in [-0.15, -0.1) is 0 Å². The summed E-state index contributed by atoms with van der Waals surface area (Å²) in [6, 6.07) is 8.45. The van der Waals surface area contributed by atoms with Crippen LogP contribution in [0.4, 0.5) is 0 Å². The molecular formula is C15H20N2O3S. The number of hydrogen-bond donors (Lipinski definition) is 1. The quantitative estimate of drug-likeness (QED) is 0.867. The third kappa shape index (κ3) is 3.62. The molecule has 0 radical (unpaired) electrons. The predicted molar refractivity (Wildman–Crippen MR) is 79.0 cm³/mol. The molecule has 0 bridgehead atoms. The van der Waals surface area contributed by atoms with Gasteiger partial charge in [-0.2, -0.15) is 9.57 Å². The minimum Gasteiger partial charge on any atom is -0.395 e. The highest BCUT2D eigenvalue weighted by molar-refractivity contribution is 7.89. The molecule has 0 amide bonds. The average Bonchev–Trinajstić information content (AvgIpc) is 2.99. The maximum absolute atomic E-state index is 12.7. The fraction of sp³-hybridized carbons (Fsp3) is 0.533. The van der Waals surface area contributed by atoms with E-state index in [0.717, 1.165) is 31.2 Å². The van der Waals surface area contributed by atoms with Gasteiger partial charge in [0.05, 0.1) is 24.0 Å². The fourth-order valence-corrected chi connectivity index (χ4v) is 4.47. The van der Waals surface area contributed by atoms with Crippen LogP contribution in [0.2, 0.25) is 0 Å². The highest BCUT2D eigenvalue weighted by Crippen LogP contribution is 2.28. The zero-order valence-corrected chi connectivity index (χ0v) is 12.7. The number of aliphatic hydroxyl groups excluding tert-OH is 1. The van der Waals surface area contributed by atoms with E-state index in [9.17, 15) is 13.5 Å². The van der Waals surface area contributed by atoms with Crippen LogP contribution in [-0.4, -0.2) is 37.0 Å². The maximum Gasteiger partial charge on any atom is 0.243 e. The molecule has 0 saturated heterocycles. The first-order valence-electron chi connectivity index (χ1n) is 7.18. The van der Waals surface area contributed by atoms with Crippen molar-refractivity contribution in [2.24, 2.45) is 0 Å². The topological polar surface area (TPSA) is 81.4 Å². The van der Waals surface area contributed by atoms with E-state index in [1.165, 1.54) is 4.31 Å². The molecule has 5 nitrogen and oxygen atoms in total. The van der Waals surface area contributed by atoms with Crippen molar-refractivity contribution in [1.82, 2.24) is 4.31 Å². The van der Waals surface area contributed by atoms with Crippen LogP contribution in [0, 0.1) is 11.3 Å². The molecular weight excluding hydrogens is 288 g/mol. The molecule has 1 saturated carbocycles. The second-order valence-corrected chi connectivity index (χ2v) is 7.15. The van der Waals surface area contributed by atoms with Crippen LogP contribution in [0.5, 0.6) is 0 Å². The summed E-state index contributed by atoms with van der Waals surface area (Å²) in [5, 5.41) is 17.8. The van der Waals surface area contributed by atoms with Gasteiger partial charge in [-0.05, 0) is 30.5 Å². The molecule has 1 fully saturated rings. The monoisotopic (exact) mass is 308 g/mol. The molecule has 21 heavy (non-hydrogen) atoms. The molecule has 1 N–H and O–H groups in total. The Morgan fingerprint density at radius 3 is 2.38 bits per heavy atom. The van der Waals surface area contributed by atoms with Crippen molar-refractivity contribution in [3.63, 3.8) is 0 Å². The van der Waals surface area contributed by atoms with Gasteiger partial charge in [-0.1, -0.05) is 25.0 Å². The van der Waals surface area contributed by atoms with Gasteiger partial charge in [0.2, 0.25) is 10.0 Å². The normalized spacial score (nSPS) is 16.2. The van der Waals surface area contributed by atoms with Crippen molar-refractivity contribution in [1.29, 1.82) is 5.26 Å². The second kappa shape index (κ2) is 7.03. The molecule has 0 aliphatic heterocycles. The van der Waals surface area contributed by atoms with E-state index >= 15 is 0 Å². The van der Waals surface area contributed by atoms with Crippen molar-refractivity contribution in [3.05, 3.63) is 29.8 Å². The summed E-state index contributed by atoms with van der Waals surface area (Å²) >= 11 is 0. The Bertz CT molecular complexity index is 599. The number of sulfonamides is 1. The Hall–Kier alpha value is -1.42. The fourth-order valence-electron chi connectivity index (χ4n) is 2.80. The van der Waals surface area contributed by atoms with Gasteiger partial charge in [0.15, 0.2) is 0 Å². The largest absolute Gasteiger partial charge is 0.395 e. The van der Waals surface area contributed by atoms with Crippen LogP contribution in [0.3, 0.4) is 0 Å². The Labute approximate surface area is 125 Å². The summed E-state index contributed by atoms with van der Waals surface area (Å²) in [5.41, 5.74) is 0.797. The smallest absolute Gasteiger partial charge is 0.243 e. The summed E-state index contributed by atoms with van der Waals surface area (Å²) in [6.07, 6.45) is 4.03. The molecule has 6 heteroatoms. The molecule has 1 aromatic carbocycles. The number of rotatable bonds is 6. The SMILES string of the molecule is N#CCc1ccc(S(=O)(=O)N(CCO)C2CCCC2)cc1. The minimum atomic E-state index is -3.59. The summed E-state index contributed by atoms with van der Waals surface area (Å²) in [5.74, 6) is 0. The molecule has 114 valence electrons. The zero-order chi connectivity index (χ0) is 15.3. The standard InChI is InChI=1S/C15H20N2O3S/c16-10-9-13-5-7-15(8-6-13)21(19,20)17(11-12-18)14-3-1-2-4-14/h5-8,14,18H,1-4,9,11-12H2. The van der Waals surface area contributed by atoms with E-state index in [-0.39, 0.29) is 30.5 Å². The van der Waals surface area contributed by atoms with Crippen molar-refractivity contribution in [3.8, 4) is 6.07 Å². The summed E-state index contributed by atoms with van der Waals surface area (Å²) in [4.78, 5) is 0.226. The van der Waals surface area contributed by atoms with Crippen LogP contribution in [0.25, 0.3) is 0 Å². The first-order chi connectivity index (χ1) is 10.1. The minimum absolute atomic E-state index is 0.0130. The number of nitriles is 1. The van der Waals surface area contributed by atoms with Gasteiger partial charge in [0.1, 0.15) is 0 Å². The number of aliphatic hydroxyl groups is 1. The van der Waals surface area contributed by atoms with E-state index < -0.39 is 10.0 Å². The zero-order valence-electron chi connectivity index (χ0n) is 11.9. The Balaban J connectivity index is 2.26. The highest BCUT2D eigenvalue weighted by Gasteiger charge is 2.32. The van der Waals surface area contributed by atoms with Gasteiger partial charge < -0.3 is 5.11 Å².